The molecule has 64 valence electrons. The minimum atomic E-state index is -0.165. The summed E-state index contributed by atoms with van der Waals surface area (Å²) in [7, 11) is 0. The van der Waals surface area contributed by atoms with Crippen molar-refractivity contribution in [1.29, 1.82) is 0 Å². The molecular weight excluding hydrogens is 221 g/mol. The van der Waals surface area contributed by atoms with E-state index in [1.165, 1.54) is 6.07 Å². The predicted molar refractivity (Wildman–Crippen MR) is 49.5 cm³/mol. The van der Waals surface area contributed by atoms with Crippen molar-refractivity contribution < 1.29 is 4.39 Å². The Labute approximate surface area is 79.1 Å². The molecule has 1 aliphatic rings. The number of halogens is 2. The number of benzene rings is 1. The lowest BCUT2D eigenvalue weighted by atomic mass is 9.98. The largest absolute Gasteiger partial charge is 0.310 e. The monoisotopic (exact) mass is 229 g/mol. The minimum absolute atomic E-state index is 0.165. The Bertz CT molecular complexity index is 297. The van der Waals surface area contributed by atoms with Crippen molar-refractivity contribution in [2.75, 3.05) is 6.54 Å². The fourth-order valence-electron chi connectivity index (χ4n) is 1.34. The van der Waals surface area contributed by atoms with Gasteiger partial charge in [-0.15, -0.1) is 0 Å². The second-order valence-electron chi connectivity index (χ2n) is 2.96. The normalized spacial score (nSPS) is 22.0. The van der Waals surface area contributed by atoms with Crippen LogP contribution in [0.5, 0.6) is 0 Å². The summed E-state index contributed by atoms with van der Waals surface area (Å²) in [5, 5.41) is 3.23. The van der Waals surface area contributed by atoms with Gasteiger partial charge in [0.15, 0.2) is 0 Å². The first-order valence-electron chi connectivity index (χ1n) is 3.96. The number of hydrogen-bond donors (Lipinski definition) is 1. The molecule has 0 aromatic heterocycles. The van der Waals surface area contributed by atoms with Crippen LogP contribution in [0.25, 0.3) is 0 Å². The average Bonchev–Trinajstić information content (AvgIpc) is 1.93. The van der Waals surface area contributed by atoms with Gasteiger partial charge in [-0.1, -0.05) is 15.9 Å². The number of rotatable bonds is 1. The molecule has 0 aliphatic carbocycles. The molecule has 1 nitrogen and oxygen atoms in total. The molecule has 1 aliphatic heterocycles. The average molecular weight is 230 g/mol. The smallest absolute Gasteiger partial charge is 0.123 e. The second kappa shape index (κ2) is 3.15. The van der Waals surface area contributed by atoms with Gasteiger partial charge in [0.2, 0.25) is 0 Å². The topological polar surface area (TPSA) is 12.0 Å². The first-order chi connectivity index (χ1) is 5.77. The Morgan fingerprint density at radius 1 is 1.50 bits per heavy atom. The maximum Gasteiger partial charge on any atom is 0.123 e. The van der Waals surface area contributed by atoms with Gasteiger partial charge in [-0.3, -0.25) is 0 Å². The van der Waals surface area contributed by atoms with Crippen molar-refractivity contribution >= 4 is 15.9 Å². The van der Waals surface area contributed by atoms with Gasteiger partial charge in [-0.25, -0.2) is 4.39 Å². The van der Waals surface area contributed by atoms with Gasteiger partial charge < -0.3 is 5.32 Å². The van der Waals surface area contributed by atoms with E-state index < -0.39 is 0 Å². The summed E-state index contributed by atoms with van der Waals surface area (Å²) in [6.45, 7) is 1.04. The maximum absolute atomic E-state index is 12.8. The minimum Gasteiger partial charge on any atom is -0.310 e. The predicted octanol–water partition coefficient (Wildman–Crippen LogP) is 2.62. The lowest BCUT2D eigenvalue weighted by Gasteiger charge is -2.28. The molecule has 2 rings (SSSR count). The van der Waals surface area contributed by atoms with E-state index in [2.05, 4.69) is 21.2 Å². The maximum atomic E-state index is 12.8. The van der Waals surface area contributed by atoms with E-state index in [0.717, 1.165) is 23.0 Å². The standard InChI is InChI=1S/C9H9BrFN/c10-8-2-1-6(11)5-7(8)9-3-4-12-9/h1-2,5,9,12H,3-4H2/t9-/m1/s1. The summed E-state index contributed by atoms with van der Waals surface area (Å²) in [6.07, 6.45) is 1.10. The lowest BCUT2D eigenvalue weighted by Crippen LogP contribution is -2.35. The third kappa shape index (κ3) is 1.39. The van der Waals surface area contributed by atoms with Crippen LogP contribution in [0.3, 0.4) is 0 Å². The first kappa shape index (κ1) is 8.20. The highest BCUT2D eigenvalue weighted by atomic mass is 79.9. The van der Waals surface area contributed by atoms with Crippen LogP contribution >= 0.6 is 15.9 Å². The van der Waals surface area contributed by atoms with Gasteiger partial charge in [0, 0.05) is 10.5 Å². The Morgan fingerprint density at radius 2 is 2.25 bits per heavy atom. The van der Waals surface area contributed by atoms with Crippen molar-refractivity contribution in [2.24, 2.45) is 0 Å². The molecule has 1 N–H and O–H groups in total. The Balaban J connectivity index is 2.34. The highest BCUT2D eigenvalue weighted by Gasteiger charge is 2.20. The SMILES string of the molecule is Fc1ccc(Br)c([C@H]2CCN2)c1. The number of hydrogen-bond acceptors (Lipinski definition) is 1. The van der Waals surface area contributed by atoms with Crippen LogP contribution in [0.1, 0.15) is 18.0 Å². The molecule has 0 bridgehead atoms. The van der Waals surface area contributed by atoms with Crippen LogP contribution < -0.4 is 5.32 Å². The molecule has 12 heavy (non-hydrogen) atoms. The van der Waals surface area contributed by atoms with Crippen LogP contribution in [0.15, 0.2) is 22.7 Å². The summed E-state index contributed by atoms with van der Waals surface area (Å²) < 4.78 is 13.8. The molecular formula is C9H9BrFN. The molecule has 1 aromatic carbocycles. The highest BCUT2D eigenvalue weighted by molar-refractivity contribution is 9.10. The molecule has 1 heterocycles. The molecule has 0 radical (unpaired) electrons. The van der Waals surface area contributed by atoms with Crippen LogP contribution in [-0.4, -0.2) is 6.54 Å². The van der Waals surface area contributed by atoms with E-state index in [1.807, 2.05) is 0 Å². The van der Waals surface area contributed by atoms with E-state index in [4.69, 9.17) is 0 Å². The molecule has 3 heteroatoms. The molecule has 1 atom stereocenters. The summed E-state index contributed by atoms with van der Waals surface area (Å²) in [6, 6.07) is 5.15. The Kier molecular flexibility index (Phi) is 2.15. The van der Waals surface area contributed by atoms with Crippen LogP contribution in [0.4, 0.5) is 4.39 Å². The molecule has 1 saturated heterocycles. The van der Waals surface area contributed by atoms with Gasteiger partial charge in [-0.05, 0) is 36.7 Å². The molecule has 0 spiro atoms. The van der Waals surface area contributed by atoms with Gasteiger partial charge in [-0.2, -0.15) is 0 Å². The fourth-order valence-corrected chi connectivity index (χ4v) is 1.86. The van der Waals surface area contributed by atoms with Gasteiger partial charge in [0.1, 0.15) is 5.82 Å². The van der Waals surface area contributed by atoms with Crippen molar-refractivity contribution in [3.05, 3.63) is 34.1 Å². The zero-order valence-electron chi connectivity index (χ0n) is 6.48. The highest BCUT2D eigenvalue weighted by Crippen LogP contribution is 2.29. The lowest BCUT2D eigenvalue weighted by molar-refractivity contribution is 0.380. The Hall–Kier alpha value is -0.410. The van der Waals surface area contributed by atoms with Gasteiger partial charge in [0.05, 0.1) is 0 Å². The zero-order valence-corrected chi connectivity index (χ0v) is 8.07. The quantitative estimate of drug-likeness (QED) is 0.781. The van der Waals surface area contributed by atoms with Crippen molar-refractivity contribution in [1.82, 2.24) is 5.32 Å². The van der Waals surface area contributed by atoms with Crippen LogP contribution in [0.2, 0.25) is 0 Å². The molecule has 0 unspecified atom stereocenters. The molecule has 1 aromatic rings. The second-order valence-corrected chi connectivity index (χ2v) is 3.82. The van der Waals surface area contributed by atoms with Crippen molar-refractivity contribution in [2.45, 2.75) is 12.5 Å². The summed E-state index contributed by atoms with van der Waals surface area (Å²) in [5.74, 6) is -0.165. The third-order valence-corrected chi connectivity index (χ3v) is 2.88. The van der Waals surface area contributed by atoms with E-state index in [0.29, 0.717) is 6.04 Å². The first-order valence-corrected chi connectivity index (χ1v) is 4.75. The zero-order chi connectivity index (χ0) is 8.55. The summed E-state index contributed by atoms with van der Waals surface area (Å²) in [4.78, 5) is 0. The summed E-state index contributed by atoms with van der Waals surface area (Å²) in [5.41, 5.74) is 1.03. The van der Waals surface area contributed by atoms with E-state index in [1.54, 1.807) is 12.1 Å². The van der Waals surface area contributed by atoms with Crippen LogP contribution in [-0.2, 0) is 0 Å². The number of nitrogens with one attached hydrogen (secondary N) is 1. The van der Waals surface area contributed by atoms with Gasteiger partial charge in [0.25, 0.3) is 0 Å². The van der Waals surface area contributed by atoms with Crippen molar-refractivity contribution in [3.8, 4) is 0 Å². The van der Waals surface area contributed by atoms with Crippen molar-refractivity contribution in [3.63, 3.8) is 0 Å². The summed E-state index contributed by atoms with van der Waals surface area (Å²) >= 11 is 3.40. The third-order valence-electron chi connectivity index (χ3n) is 2.16. The Morgan fingerprint density at radius 3 is 2.83 bits per heavy atom. The molecule has 0 amide bonds. The van der Waals surface area contributed by atoms with Crippen LogP contribution in [0, 0.1) is 5.82 Å². The molecule has 0 saturated carbocycles. The van der Waals surface area contributed by atoms with E-state index in [9.17, 15) is 4.39 Å². The van der Waals surface area contributed by atoms with E-state index >= 15 is 0 Å². The van der Waals surface area contributed by atoms with Gasteiger partial charge >= 0.3 is 0 Å². The fraction of sp³-hybridized carbons (Fsp3) is 0.333. The molecule has 1 fully saturated rings. The van der Waals surface area contributed by atoms with E-state index in [-0.39, 0.29) is 5.82 Å².